The molecule has 1 aromatic rings. The Morgan fingerprint density at radius 2 is 2.11 bits per heavy atom. The lowest BCUT2D eigenvalue weighted by Gasteiger charge is -2.56. The topological polar surface area (TPSA) is 47.6 Å². The van der Waals surface area contributed by atoms with E-state index in [1.54, 1.807) is 0 Å². The van der Waals surface area contributed by atoms with Crippen molar-refractivity contribution in [3.05, 3.63) is 29.3 Å². The summed E-state index contributed by atoms with van der Waals surface area (Å²) in [6.07, 6.45) is 9.33. The van der Waals surface area contributed by atoms with Crippen LogP contribution in [0.3, 0.4) is 0 Å². The summed E-state index contributed by atoms with van der Waals surface area (Å²) in [5.41, 5.74) is 3.31. The Balaban J connectivity index is 1.49. The van der Waals surface area contributed by atoms with Crippen molar-refractivity contribution in [2.45, 2.75) is 76.7 Å². The van der Waals surface area contributed by atoms with Gasteiger partial charge in [0.25, 0.3) is 0 Å². The van der Waals surface area contributed by atoms with Gasteiger partial charge in [-0.05, 0) is 74.2 Å². The lowest BCUT2D eigenvalue weighted by molar-refractivity contribution is -0.155. The molecule has 1 N–H and O–H groups in total. The van der Waals surface area contributed by atoms with E-state index >= 15 is 0 Å². The number of rotatable bonds is 6. The van der Waals surface area contributed by atoms with Gasteiger partial charge in [0, 0.05) is 11.5 Å². The van der Waals surface area contributed by atoms with E-state index in [1.807, 2.05) is 19.9 Å². The first-order valence-corrected chi connectivity index (χ1v) is 10.8. The number of nitrogens with one attached hydrogen (secondary N) is 1. The number of carbonyl (C=O) groups is 1. The molecule has 148 valence electrons. The summed E-state index contributed by atoms with van der Waals surface area (Å²) < 4.78 is 11.2. The molecule has 3 atom stereocenters. The standard InChI is InChI=1S/C23H33NO3/c1-3-16(4-2)22(25)27-15-26-18-9-8-17-13-21-19-7-5-6-10-23(19,11-12-24-21)20(17)14-18/h8-9,14,16,19,21,24H,3-7,10-13,15H2,1-2H3/t19-,21+,23-/m1/s1. The van der Waals surface area contributed by atoms with Gasteiger partial charge in [0.1, 0.15) is 5.75 Å². The molecule has 1 saturated heterocycles. The number of hydrogen-bond acceptors (Lipinski definition) is 4. The van der Waals surface area contributed by atoms with E-state index in [4.69, 9.17) is 9.47 Å². The van der Waals surface area contributed by atoms with Crippen LogP contribution in [0, 0.1) is 11.8 Å². The number of carbonyl (C=O) groups excluding carboxylic acids is 1. The van der Waals surface area contributed by atoms with Crippen molar-refractivity contribution >= 4 is 5.97 Å². The van der Waals surface area contributed by atoms with Crippen LogP contribution in [0.15, 0.2) is 18.2 Å². The van der Waals surface area contributed by atoms with Crippen LogP contribution in [0.1, 0.15) is 69.9 Å². The molecule has 0 unspecified atom stereocenters. The molecule has 4 heteroatoms. The number of piperidine rings is 1. The van der Waals surface area contributed by atoms with Crippen LogP contribution in [0.4, 0.5) is 0 Å². The maximum absolute atomic E-state index is 12.0. The second kappa shape index (κ2) is 7.83. The lowest BCUT2D eigenvalue weighted by Crippen LogP contribution is -2.59. The van der Waals surface area contributed by atoms with E-state index in [0.29, 0.717) is 11.5 Å². The molecule has 2 fully saturated rings. The van der Waals surface area contributed by atoms with Gasteiger partial charge in [0.05, 0.1) is 5.92 Å². The monoisotopic (exact) mass is 371 g/mol. The molecule has 27 heavy (non-hydrogen) atoms. The Morgan fingerprint density at radius 3 is 2.93 bits per heavy atom. The summed E-state index contributed by atoms with van der Waals surface area (Å²) >= 11 is 0. The van der Waals surface area contributed by atoms with E-state index in [9.17, 15) is 4.79 Å². The molecule has 2 aliphatic carbocycles. The third-order valence-electron chi connectivity index (χ3n) is 7.36. The minimum absolute atomic E-state index is 0.00866. The normalized spacial score (nSPS) is 29.0. The molecular weight excluding hydrogens is 338 g/mol. The van der Waals surface area contributed by atoms with Crippen LogP contribution < -0.4 is 10.1 Å². The summed E-state index contributed by atoms with van der Waals surface area (Å²) in [6, 6.07) is 7.17. The first kappa shape index (κ1) is 18.8. The molecule has 0 amide bonds. The fourth-order valence-corrected chi connectivity index (χ4v) is 5.89. The van der Waals surface area contributed by atoms with Gasteiger partial charge in [-0.25, -0.2) is 0 Å². The Labute approximate surface area is 163 Å². The fraction of sp³-hybridized carbons (Fsp3) is 0.696. The zero-order valence-electron chi connectivity index (χ0n) is 16.8. The molecule has 1 heterocycles. The largest absolute Gasteiger partial charge is 0.457 e. The van der Waals surface area contributed by atoms with Crippen molar-refractivity contribution in [2.75, 3.05) is 13.3 Å². The van der Waals surface area contributed by atoms with Crippen molar-refractivity contribution in [3.8, 4) is 5.75 Å². The molecule has 4 nitrogen and oxygen atoms in total. The van der Waals surface area contributed by atoms with E-state index in [-0.39, 0.29) is 18.7 Å². The van der Waals surface area contributed by atoms with Crippen molar-refractivity contribution < 1.29 is 14.3 Å². The molecule has 0 aromatic heterocycles. The third-order valence-corrected chi connectivity index (χ3v) is 7.36. The quantitative estimate of drug-likeness (QED) is 0.597. The maximum Gasteiger partial charge on any atom is 0.311 e. The minimum atomic E-state index is -0.148. The molecule has 1 saturated carbocycles. The number of benzene rings is 1. The molecule has 1 aromatic carbocycles. The van der Waals surface area contributed by atoms with Gasteiger partial charge in [-0.2, -0.15) is 0 Å². The molecule has 0 radical (unpaired) electrons. The lowest BCUT2D eigenvalue weighted by atomic mass is 9.53. The van der Waals surface area contributed by atoms with Crippen LogP contribution in [-0.4, -0.2) is 25.3 Å². The average molecular weight is 372 g/mol. The number of hydrogen-bond donors (Lipinski definition) is 1. The summed E-state index contributed by atoms with van der Waals surface area (Å²) in [6.45, 7) is 5.17. The van der Waals surface area contributed by atoms with Gasteiger partial charge >= 0.3 is 5.97 Å². The minimum Gasteiger partial charge on any atom is -0.457 e. The smallest absolute Gasteiger partial charge is 0.311 e. The molecule has 0 spiro atoms. The van der Waals surface area contributed by atoms with Crippen molar-refractivity contribution in [1.29, 1.82) is 0 Å². The summed E-state index contributed by atoms with van der Waals surface area (Å²) in [7, 11) is 0. The van der Waals surface area contributed by atoms with Gasteiger partial charge < -0.3 is 14.8 Å². The molecule has 3 aliphatic rings. The van der Waals surface area contributed by atoms with Crippen LogP contribution in [-0.2, 0) is 21.4 Å². The molecular formula is C23H33NO3. The predicted molar refractivity (Wildman–Crippen MR) is 106 cm³/mol. The Morgan fingerprint density at radius 1 is 1.26 bits per heavy atom. The van der Waals surface area contributed by atoms with E-state index in [1.165, 1.54) is 43.2 Å². The van der Waals surface area contributed by atoms with E-state index < -0.39 is 0 Å². The summed E-state index contributed by atoms with van der Waals surface area (Å²) in [5, 5.41) is 3.78. The molecule has 1 aliphatic heterocycles. The highest BCUT2D eigenvalue weighted by atomic mass is 16.7. The number of esters is 1. The Bertz CT molecular complexity index is 680. The Kier molecular flexibility index (Phi) is 5.45. The highest BCUT2D eigenvalue weighted by molar-refractivity contribution is 5.72. The van der Waals surface area contributed by atoms with E-state index in [0.717, 1.165) is 37.5 Å². The van der Waals surface area contributed by atoms with Gasteiger partial charge in [0.15, 0.2) is 0 Å². The summed E-state index contributed by atoms with van der Waals surface area (Å²) in [5.74, 6) is 1.42. The van der Waals surface area contributed by atoms with Crippen LogP contribution in [0.2, 0.25) is 0 Å². The van der Waals surface area contributed by atoms with Gasteiger partial charge in [0.2, 0.25) is 6.79 Å². The maximum atomic E-state index is 12.0. The second-order valence-electron chi connectivity index (χ2n) is 8.58. The highest BCUT2D eigenvalue weighted by Gasteiger charge is 2.51. The van der Waals surface area contributed by atoms with Crippen LogP contribution in [0.25, 0.3) is 0 Å². The molecule has 2 bridgehead atoms. The third kappa shape index (κ3) is 3.37. The van der Waals surface area contributed by atoms with Gasteiger partial charge in [-0.15, -0.1) is 0 Å². The van der Waals surface area contributed by atoms with Crippen molar-refractivity contribution in [2.24, 2.45) is 11.8 Å². The van der Waals surface area contributed by atoms with Gasteiger partial charge in [-0.3, -0.25) is 4.79 Å². The highest BCUT2D eigenvalue weighted by Crippen LogP contribution is 2.54. The first-order valence-electron chi connectivity index (χ1n) is 10.8. The van der Waals surface area contributed by atoms with Gasteiger partial charge in [-0.1, -0.05) is 32.8 Å². The average Bonchev–Trinajstić information content (AvgIpc) is 2.69. The second-order valence-corrected chi connectivity index (χ2v) is 8.58. The van der Waals surface area contributed by atoms with Crippen LogP contribution >= 0.6 is 0 Å². The van der Waals surface area contributed by atoms with Crippen LogP contribution in [0.5, 0.6) is 5.75 Å². The number of fused-ring (bicyclic) bond motifs is 1. The molecule has 4 rings (SSSR count). The summed E-state index contributed by atoms with van der Waals surface area (Å²) in [4.78, 5) is 12.0. The zero-order chi connectivity index (χ0) is 18.9. The SMILES string of the molecule is CCC(CC)C(=O)OCOc1ccc2c(c1)[C@@]13CCCC[C@@H]1[C@H](C2)NCC3. The van der Waals surface area contributed by atoms with Crippen molar-refractivity contribution in [1.82, 2.24) is 5.32 Å². The van der Waals surface area contributed by atoms with E-state index in [2.05, 4.69) is 17.4 Å². The van der Waals surface area contributed by atoms with Crippen molar-refractivity contribution in [3.63, 3.8) is 0 Å². The number of ether oxygens (including phenoxy) is 2. The fourth-order valence-electron chi connectivity index (χ4n) is 5.89. The predicted octanol–water partition coefficient (Wildman–Crippen LogP) is 4.35. The Hall–Kier alpha value is -1.55. The zero-order valence-corrected chi connectivity index (χ0v) is 16.8. The first-order chi connectivity index (χ1) is 13.2.